The normalized spacial score (nSPS) is 16.9. The van der Waals surface area contributed by atoms with Crippen molar-refractivity contribution in [3.8, 4) is 11.5 Å². The van der Waals surface area contributed by atoms with E-state index in [1.54, 1.807) is 0 Å². The predicted octanol–water partition coefficient (Wildman–Crippen LogP) is 3.16. The van der Waals surface area contributed by atoms with Crippen molar-refractivity contribution in [2.24, 2.45) is 0 Å². The zero-order chi connectivity index (χ0) is 24.1. The summed E-state index contributed by atoms with van der Waals surface area (Å²) in [5, 5.41) is 15.1. The van der Waals surface area contributed by atoms with E-state index >= 15 is 0 Å². The summed E-state index contributed by atoms with van der Waals surface area (Å²) in [5.74, 6) is -4.04. The van der Waals surface area contributed by atoms with E-state index in [-0.39, 0.29) is 53.8 Å². The summed E-state index contributed by atoms with van der Waals surface area (Å²) in [6, 6.07) is 5.39. The Morgan fingerprint density at radius 1 is 1.18 bits per heavy atom. The van der Waals surface area contributed by atoms with Crippen LogP contribution < -0.4 is 20.1 Å². The maximum Gasteiger partial charge on any atom is 0.265 e. The van der Waals surface area contributed by atoms with E-state index in [1.807, 2.05) is 0 Å². The Labute approximate surface area is 192 Å². The zero-order valence-corrected chi connectivity index (χ0v) is 17.9. The lowest BCUT2D eigenvalue weighted by Gasteiger charge is -2.29. The summed E-state index contributed by atoms with van der Waals surface area (Å²) in [5.41, 5.74) is 0.318. The average molecular weight is 485 g/mol. The molecule has 0 bridgehead atoms. The first-order valence-corrected chi connectivity index (χ1v) is 10.2. The first-order chi connectivity index (χ1) is 15.6. The molecular formula is C22H20ClF3N2O5. The van der Waals surface area contributed by atoms with E-state index in [2.05, 4.69) is 17.2 Å². The Morgan fingerprint density at radius 2 is 1.91 bits per heavy atom. The van der Waals surface area contributed by atoms with Gasteiger partial charge in [0, 0.05) is 42.8 Å². The fourth-order valence-corrected chi connectivity index (χ4v) is 3.15. The van der Waals surface area contributed by atoms with Crippen molar-refractivity contribution in [1.82, 2.24) is 10.6 Å². The summed E-state index contributed by atoms with van der Waals surface area (Å²) in [7, 11) is 0. The van der Waals surface area contributed by atoms with Crippen molar-refractivity contribution in [3.05, 3.63) is 70.6 Å². The number of ether oxygens (including phenoxy) is 2. The van der Waals surface area contributed by atoms with Crippen molar-refractivity contribution in [2.75, 3.05) is 13.2 Å². The van der Waals surface area contributed by atoms with E-state index < -0.39 is 41.5 Å². The molecule has 33 heavy (non-hydrogen) atoms. The fourth-order valence-electron chi connectivity index (χ4n) is 3.03. The number of aliphatic hydroxyl groups excluding tert-OH is 1. The summed E-state index contributed by atoms with van der Waals surface area (Å²) < 4.78 is 50.7. The highest BCUT2D eigenvalue weighted by Gasteiger charge is 2.33. The Bertz CT molecular complexity index is 1080. The molecule has 0 fully saturated rings. The summed E-state index contributed by atoms with van der Waals surface area (Å²) in [6.07, 6.45) is -2.33. The Kier molecular flexibility index (Phi) is 7.83. The lowest BCUT2D eigenvalue weighted by Crippen LogP contribution is -2.41. The standard InChI is InChI=1S/C22H20ClF3N2O5/c1-11(4-5-27-21(30)10-32-12-2-3-14(23)15(24)6-12)28-22(31)20-9-18(29)13-7-16(25)17(26)8-19(13)33-20/h2-3,6-8,18,20,29H,1,4-5,9-10H2,(H,27,30)(H,28,31)/t18-,20-/m1/s1. The number of carbonyl (C=O) groups is 2. The highest BCUT2D eigenvalue weighted by Crippen LogP contribution is 2.36. The topological polar surface area (TPSA) is 96.9 Å². The van der Waals surface area contributed by atoms with E-state index in [0.717, 1.165) is 18.2 Å². The monoisotopic (exact) mass is 484 g/mol. The van der Waals surface area contributed by atoms with Crippen LogP contribution in [0, 0.1) is 17.5 Å². The fraction of sp³-hybridized carbons (Fsp3) is 0.273. The minimum atomic E-state index is -1.21. The molecule has 2 amide bonds. The second-order valence-electron chi connectivity index (χ2n) is 7.22. The number of hydrogen-bond donors (Lipinski definition) is 3. The average Bonchev–Trinajstić information content (AvgIpc) is 2.75. The predicted molar refractivity (Wildman–Crippen MR) is 112 cm³/mol. The van der Waals surface area contributed by atoms with Crippen LogP contribution in [0.4, 0.5) is 13.2 Å². The summed E-state index contributed by atoms with van der Waals surface area (Å²) >= 11 is 5.57. The third-order valence-electron chi connectivity index (χ3n) is 4.72. The molecule has 176 valence electrons. The van der Waals surface area contributed by atoms with Crippen molar-refractivity contribution in [3.63, 3.8) is 0 Å². The van der Waals surface area contributed by atoms with Crippen molar-refractivity contribution < 1.29 is 37.3 Å². The molecule has 3 N–H and O–H groups in total. The van der Waals surface area contributed by atoms with Gasteiger partial charge in [-0.05, 0) is 18.2 Å². The lowest BCUT2D eigenvalue weighted by molar-refractivity contribution is -0.129. The molecule has 1 aliphatic heterocycles. The van der Waals surface area contributed by atoms with Gasteiger partial charge in [0.25, 0.3) is 11.8 Å². The van der Waals surface area contributed by atoms with Gasteiger partial charge >= 0.3 is 0 Å². The molecule has 0 saturated heterocycles. The zero-order valence-electron chi connectivity index (χ0n) is 17.2. The molecule has 0 aromatic heterocycles. The van der Waals surface area contributed by atoms with Gasteiger partial charge in [-0.15, -0.1) is 0 Å². The van der Waals surface area contributed by atoms with Gasteiger partial charge in [0.1, 0.15) is 17.3 Å². The van der Waals surface area contributed by atoms with Crippen LogP contribution in [0.15, 0.2) is 42.6 Å². The molecule has 0 spiro atoms. The number of nitrogens with one attached hydrogen (secondary N) is 2. The van der Waals surface area contributed by atoms with Gasteiger partial charge in [0.15, 0.2) is 24.3 Å². The molecule has 7 nitrogen and oxygen atoms in total. The first kappa shape index (κ1) is 24.4. The quantitative estimate of drug-likeness (QED) is 0.535. The molecule has 0 unspecified atom stereocenters. The number of halogens is 4. The number of amides is 2. The van der Waals surface area contributed by atoms with Gasteiger partial charge in [-0.25, -0.2) is 13.2 Å². The number of hydrogen-bond acceptors (Lipinski definition) is 5. The third kappa shape index (κ3) is 6.39. The van der Waals surface area contributed by atoms with E-state index in [4.69, 9.17) is 21.1 Å². The Balaban J connectivity index is 1.41. The van der Waals surface area contributed by atoms with Crippen LogP contribution in [-0.4, -0.2) is 36.2 Å². The van der Waals surface area contributed by atoms with Gasteiger partial charge < -0.3 is 25.2 Å². The molecule has 3 rings (SSSR count). The third-order valence-corrected chi connectivity index (χ3v) is 5.03. The number of rotatable bonds is 8. The van der Waals surface area contributed by atoms with Crippen molar-refractivity contribution in [2.45, 2.75) is 25.0 Å². The van der Waals surface area contributed by atoms with Crippen LogP contribution in [-0.2, 0) is 9.59 Å². The molecule has 0 saturated carbocycles. The summed E-state index contributed by atoms with van der Waals surface area (Å²) in [4.78, 5) is 24.2. The maximum atomic E-state index is 13.4. The lowest BCUT2D eigenvalue weighted by atomic mass is 9.98. The second kappa shape index (κ2) is 10.6. The van der Waals surface area contributed by atoms with Gasteiger partial charge in [0.2, 0.25) is 0 Å². The molecule has 1 aliphatic rings. The Morgan fingerprint density at radius 3 is 2.64 bits per heavy atom. The minimum Gasteiger partial charge on any atom is -0.484 e. The smallest absolute Gasteiger partial charge is 0.265 e. The SMILES string of the molecule is C=C(CCNC(=O)COc1ccc(Cl)c(F)c1)NC(=O)[C@H]1C[C@@H](O)c2cc(F)c(F)cc2O1. The van der Waals surface area contributed by atoms with Crippen LogP contribution in [0.1, 0.15) is 24.5 Å². The van der Waals surface area contributed by atoms with Crippen LogP contribution in [0.2, 0.25) is 5.02 Å². The van der Waals surface area contributed by atoms with Crippen LogP contribution >= 0.6 is 11.6 Å². The van der Waals surface area contributed by atoms with Crippen LogP contribution in [0.5, 0.6) is 11.5 Å². The number of carbonyl (C=O) groups excluding carboxylic acids is 2. The molecule has 2 atom stereocenters. The minimum absolute atomic E-state index is 0.0584. The highest BCUT2D eigenvalue weighted by molar-refractivity contribution is 6.30. The molecule has 0 aliphatic carbocycles. The Hall–Kier alpha value is -3.24. The van der Waals surface area contributed by atoms with E-state index in [9.17, 15) is 27.9 Å². The highest BCUT2D eigenvalue weighted by atomic mass is 35.5. The van der Waals surface area contributed by atoms with Gasteiger partial charge in [-0.3, -0.25) is 9.59 Å². The second-order valence-corrected chi connectivity index (χ2v) is 7.63. The molecule has 2 aromatic rings. The largest absolute Gasteiger partial charge is 0.484 e. The van der Waals surface area contributed by atoms with Gasteiger partial charge in [-0.2, -0.15) is 0 Å². The van der Waals surface area contributed by atoms with Crippen LogP contribution in [0.3, 0.4) is 0 Å². The van der Waals surface area contributed by atoms with Crippen molar-refractivity contribution >= 4 is 23.4 Å². The van der Waals surface area contributed by atoms with Gasteiger partial charge in [0.05, 0.1) is 11.1 Å². The summed E-state index contributed by atoms with van der Waals surface area (Å²) in [6.45, 7) is 3.46. The van der Waals surface area contributed by atoms with E-state index in [0.29, 0.717) is 0 Å². The number of benzene rings is 2. The van der Waals surface area contributed by atoms with Crippen LogP contribution in [0.25, 0.3) is 0 Å². The number of fused-ring (bicyclic) bond motifs is 1. The molecular weight excluding hydrogens is 465 g/mol. The molecule has 1 heterocycles. The van der Waals surface area contributed by atoms with Crippen molar-refractivity contribution in [1.29, 1.82) is 0 Å². The maximum absolute atomic E-state index is 13.4. The molecule has 0 radical (unpaired) electrons. The first-order valence-electron chi connectivity index (χ1n) is 9.81. The van der Waals surface area contributed by atoms with E-state index in [1.165, 1.54) is 12.1 Å². The number of aliphatic hydroxyl groups is 1. The van der Waals surface area contributed by atoms with Gasteiger partial charge in [-0.1, -0.05) is 18.2 Å². The molecule has 2 aromatic carbocycles. The molecule has 11 heteroatoms.